The van der Waals surface area contributed by atoms with Crippen molar-refractivity contribution in [3.05, 3.63) is 54.4 Å². The maximum atomic E-state index is 12.7. The van der Waals surface area contributed by atoms with Gasteiger partial charge < -0.3 is 9.88 Å². The number of para-hydroxylation sites is 1. The number of carbonyl (C=O) groups excluding carboxylic acids is 1. The number of hydrogen-bond acceptors (Lipinski definition) is 9. The van der Waals surface area contributed by atoms with Gasteiger partial charge in [0.25, 0.3) is 0 Å². The highest BCUT2D eigenvalue weighted by Gasteiger charge is 2.27. The summed E-state index contributed by atoms with van der Waals surface area (Å²) >= 11 is 4.61. The molecule has 9 nitrogen and oxygen atoms in total. The maximum Gasteiger partial charge on any atom is 0.243 e. The summed E-state index contributed by atoms with van der Waals surface area (Å²) in [5, 5.41) is 12.1. The smallest absolute Gasteiger partial charge is 0.243 e. The lowest BCUT2D eigenvalue weighted by Crippen LogP contribution is -2.27. The third-order valence-electron chi connectivity index (χ3n) is 5.88. The van der Waals surface area contributed by atoms with E-state index in [2.05, 4.69) is 26.6 Å². The number of thioether (sulfide) groups is 2. The predicted molar refractivity (Wildman–Crippen MR) is 149 cm³/mol. The van der Waals surface area contributed by atoms with Gasteiger partial charge in [-0.25, -0.2) is 13.4 Å². The summed E-state index contributed by atoms with van der Waals surface area (Å²) in [5.74, 6) is 1.44. The quantitative estimate of drug-likeness (QED) is 0.271. The summed E-state index contributed by atoms with van der Waals surface area (Å²) in [6.45, 7) is 3.84. The molecule has 5 rings (SSSR count). The van der Waals surface area contributed by atoms with Crippen LogP contribution in [0.5, 0.6) is 0 Å². The van der Waals surface area contributed by atoms with Crippen molar-refractivity contribution in [3.8, 4) is 0 Å². The zero-order chi connectivity index (χ0) is 25.8. The normalized spacial score (nSPS) is 14.4. The van der Waals surface area contributed by atoms with Gasteiger partial charge in [-0.1, -0.05) is 35.7 Å². The van der Waals surface area contributed by atoms with Crippen molar-refractivity contribution >= 4 is 66.7 Å². The Balaban J connectivity index is 1.15. The number of benzene rings is 2. The molecule has 0 radical (unpaired) electrons. The number of amides is 1. The number of sulfonamides is 1. The van der Waals surface area contributed by atoms with Crippen molar-refractivity contribution in [2.75, 3.05) is 24.2 Å². The highest BCUT2D eigenvalue weighted by Crippen LogP contribution is 2.31. The van der Waals surface area contributed by atoms with Crippen LogP contribution in [0.25, 0.3) is 10.2 Å². The van der Waals surface area contributed by atoms with E-state index in [0.717, 1.165) is 33.2 Å². The Morgan fingerprint density at radius 3 is 2.54 bits per heavy atom. The van der Waals surface area contributed by atoms with Gasteiger partial charge in [-0.05, 0) is 56.2 Å². The van der Waals surface area contributed by atoms with Gasteiger partial charge in [-0.15, -0.1) is 21.5 Å². The minimum atomic E-state index is -3.47. The van der Waals surface area contributed by atoms with E-state index in [1.807, 2.05) is 29.7 Å². The molecule has 13 heteroatoms. The second kappa shape index (κ2) is 11.5. The molecule has 3 heterocycles. The number of aromatic nitrogens is 4. The third kappa shape index (κ3) is 6.01. The van der Waals surface area contributed by atoms with Crippen LogP contribution in [0.1, 0.15) is 25.6 Å². The minimum Gasteiger partial charge on any atom is -0.325 e. The lowest BCUT2D eigenvalue weighted by Gasteiger charge is -2.15. The molecule has 1 aliphatic heterocycles. The van der Waals surface area contributed by atoms with Crippen molar-refractivity contribution in [3.63, 3.8) is 0 Å². The van der Waals surface area contributed by atoms with Crippen LogP contribution < -0.4 is 5.32 Å². The van der Waals surface area contributed by atoms with Crippen LogP contribution in [0.2, 0.25) is 0 Å². The third-order valence-corrected chi connectivity index (χ3v) is 10.9. The van der Waals surface area contributed by atoms with Crippen molar-refractivity contribution in [1.29, 1.82) is 0 Å². The number of nitrogens with zero attached hydrogens (tertiary/aromatic N) is 5. The van der Waals surface area contributed by atoms with Crippen molar-refractivity contribution in [2.24, 2.45) is 0 Å². The molecule has 0 unspecified atom stereocenters. The molecule has 2 aromatic carbocycles. The number of rotatable bonds is 10. The molecule has 37 heavy (non-hydrogen) atoms. The summed E-state index contributed by atoms with van der Waals surface area (Å²) in [6.07, 6.45) is 1.78. The van der Waals surface area contributed by atoms with Crippen LogP contribution in [-0.2, 0) is 27.1 Å². The van der Waals surface area contributed by atoms with Crippen LogP contribution >= 0.6 is 34.9 Å². The van der Waals surface area contributed by atoms with Gasteiger partial charge in [0, 0.05) is 25.3 Å². The number of nitrogens with one attached hydrogen (secondary N) is 1. The molecule has 1 saturated heterocycles. The van der Waals surface area contributed by atoms with Gasteiger partial charge in [0.05, 0.1) is 26.6 Å². The minimum absolute atomic E-state index is 0.164. The highest BCUT2D eigenvalue weighted by molar-refractivity contribution is 8.00. The Labute approximate surface area is 228 Å². The Kier molecular flexibility index (Phi) is 8.15. The second-order valence-corrected chi connectivity index (χ2v) is 13.5. The number of carbonyl (C=O) groups is 1. The van der Waals surface area contributed by atoms with Crippen LogP contribution in [0.4, 0.5) is 5.69 Å². The molecule has 1 amide bonds. The fraction of sp³-hybridized carbons (Fsp3) is 0.333. The van der Waals surface area contributed by atoms with E-state index in [4.69, 9.17) is 0 Å². The highest BCUT2D eigenvalue weighted by atomic mass is 32.2. The summed E-state index contributed by atoms with van der Waals surface area (Å²) in [5.41, 5.74) is 1.55. The number of thiazole rings is 1. The SMILES string of the molecule is CCn1c(CSc2nc3ccccc3s2)nnc1SCC(=O)Nc1ccc(S(=O)(=O)N2CCCC2)cc1. The zero-order valence-electron chi connectivity index (χ0n) is 20.2. The van der Waals surface area contributed by atoms with E-state index in [-0.39, 0.29) is 16.6 Å². The first-order valence-electron chi connectivity index (χ1n) is 11.9. The number of anilines is 1. The average molecular weight is 575 g/mol. The average Bonchev–Trinajstić information content (AvgIpc) is 3.66. The lowest BCUT2D eigenvalue weighted by atomic mass is 10.3. The summed E-state index contributed by atoms with van der Waals surface area (Å²) in [7, 11) is -3.47. The molecule has 1 fully saturated rings. The largest absolute Gasteiger partial charge is 0.325 e. The molecule has 0 atom stereocenters. The molecule has 1 aliphatic rings. The van der Waals surface area contributed by atoms with Gasteiger partial charge in [0.2, 0.25) is 15.9 Å². The van der Waals surface area contributed by atoms with E-state index in [1.54, 1.807) is 47.4 Å². The lowest BCUT2D eigenvalue weighted by molar-refractivity contribution is -0.113. The van der Waals surface area contributed by atoms with Crippen molar-refractivity contribution in [1.82, 2.24) is 24.1 Å². The summed E-state index contributed by atoms with van der Waals surface area (Å²) in [6, 6.07) is 14.4. The van der Waals surface area contributed by atoms with Gasteiger partial charge in [-0.3, -0.25) is 4.79 Å². The second-order valence-electron chi connectivity index (χ2n) is 8.35. The zero-order valence-corrected chi connectivity index (χ0v) is 23.4. The van der Waals surface area contributed by atoms with E-state index >= 15 is 0 Å². The fourth-order valence-electron chi connectivity index (χ4n) is 4.00. The first-order valence-corrected chi connectivity index (χ1v) is 16.1. The number of hydrogen-bond donors (Lipinski definition) is 1. The molecule has 2 aromatic heterocycles. The van der Waals surface area contributed by atoms with E-state index in [0.29, 0.717) is 36.2 Å². The van der Waals surface area contributed by atoms with Crippen molar-refractivity contribution in [2.45, 2.75) is 46.5 Å². The standard InChI is InChI=1S/C24H26N6O3S4/c1-2-30-21(15-35-24-26-19-7-3-4-8-20(19)36-24)27-28-23(30)34-16-22(31)25-17-9-11-18(12-10-17)37(32,33)29-13-5-6-14-29/h3-4,7-12H,2,5-6,13-16H2,1H3,(H,25,31). The van der Waals surface area contributed by atoms with E-state index in [1.165, 1.54) is 16.1 Å². The molecule has 0 spiro atoms. The van der Waals surface area contributed by atoms with Gasteiger partial charge in [0.15, 0.2) is 9.50 Å². The van der Waals surface area contributed by atoms with Crippen LogP contribution in [0.3, 0.4) is 0 Å². The Morgan fingerprint density at radius 2 is 1.81 bits per heavy atom. The fourth-order valence-corrected chi connectivity index (χ4v) is 8.35. The summed E-state index contributed by atoms with van der Waals surface area (Å²) in [4.78, 5) is 17.5. The van der Waals surface area contributed by atoms with E-state index in [9.17, 15) is 13.2 Å². The summed E-state index contributed by atoms with van der Waals surface area (Å²) < 4.78 is 31.0. The maximum absolute atomic E-state index is 12.7. The molecule has 0 bridgehead atoms. The topological polar surface area (TPSA) is 110 Å². The first-order chi connectivity index (χ1) is 17.9. The Morgan fingerprint density at radius 1 is 1.05 bits per heavy atom. The predicted octanol–water partition coefficient (Wildman–Crippen LogP) is 4.72. The molecule has 1 N–H and O–H groups in total. The van der Waals surface area contributed by atoms with Crippen molar-refractivity contribution < 1.29 is 13.2 Å². The molecule has 194 valence electrons. The van der Waals surface area contributed by atoms with Gasteiger partial charge >= 0.3 is 0 Å². The monoisotopic (exact) mass is 574 g/mol. The molecule has 4 aromatic rings. The first kappa shape index (κ1) is 26.2. The van der Waals surface area contributed by atoms with Gasteiger partial charge in [0.1, 0.15) is 5.82 Å². The molecule has 0 saturated carbocycles. The van der Waals surface area contributed by atoms with E-state index < -0.39 is 10.0 Å². The van der Waals surface area contributed by atoms with Crippen LogP contribution in [0, 0.1) is 0 Å². The van der Waals surface area contributed by atoms with Crippen LogP contribution in [-0.4, -0.2) is 57.2 Å². The molecular formula is C24H26N6O3S4. The van der Waals surface area contributed by atoms with Gasteiger partial charge in [-0.2, -0.15) is 4.31 Å². The number of fused-ring (bicyclic) bond motifs is 1. The van der Waals surface area contributed by atoms with Crippen LogP contribution in [0.15, 0.2) is 62.9 Å². The Bertz CT molecular complexity index is 1460. The Hall–Kier alpha value is -2.45. The molecule has 0 aliphatic carbocycles. The molecular weight excluding hydrogens is 549 g/mol.